The van der Waals surface area contributed by atoms with E-state index in [4.69, 9.17) is 4.42 Å². The van der Waals surface area contributed by atoms with Crippen LogP contribution in [0.4, 0.5) is 0 Å². The van der Waals surface area contributed by atoms with Gasteiger partial charge in [-0.25, -0.2) is 0 Å². The first-order valence-electron chi connectivity index (χ1n) is 6.02. The van der Waals surface area contributed by atoms with E-state index in [1.54, 1.807) is 6.07 Å². The lowest BCUT2D eigenvalue weighted by molar-refractivity contribution is 0.0942. The van der Waals surface area contributed by atoms with Gasteiger partial charge in [-0.05, 0) is 31.7 Å². The molecule has 0 aromatic carbocycles. The Balaban J connectivity index is 1.79. The fourth-order valence-electron chi connectivity index (χ4n) is 2.23. The summed E-state index contributed by atoms with van der Waals surface area (Å²) in [5.41, 5.74) is 0.508. The number of furan rings is 1. The van der Waals surface area contributed by atoms with Crippen LogP contribution in [0.25, 0.3) is 0 Å². The summed E-state index contributed by atoms with van der Waals surface area (Å²) >= 11 is 0. The van der Waals surface area contributed by atoms with Crippen LogP contribution < -0.4 is 5.32 Å². The monoisotopic (exact) mass is 220 g/mol. The topological polar surface area (TPSA) is 42.2 Å². The third-order valence-corrected chi connectivity index (χ3v) is 3.19. The van der Waals surface area contributed by atoms with E-state index in [1.807, 2.05) is 6.92 Å². The molecule has 16 heavy (non-hydrogen) atoms. The van der Waals surface area contributed by atoms with Crippen molar-refractivity contribution in [2.24, 2.45) is 5.92 Å². The van der Waals surface area contributed by atoms with Gasteiger partial charge >= 0.3 is 0 Å². The van der Waals surface area contributed by atoms with Crippen molar-refractivity contribution in [3.05, 3.63) is 23.7 Å². The highest BCUT2D eigenvalue weighted by Crippen LogP contribution is 2.22. The molecule has 1 aromatic heterocycles. The minimum absolute atomic E-state index is 0.0672. The number of hydrogen-bond acceptors (Lipinski definition) is 2. The predicted octanol–water partition coefficient (Wildman–Crippen LogP) is 2.70. The Labute approximate surface area is 96.2 Å². The zero-order valence-electron chi connectivity index (χ0n) is 9.71. The van der Waals surface area contributed by atoms with Gasteiger partial charge in [0.25, 0.3) is 5.91 Å². The largest absolute Gasteiger partial charge is 0.457 e. The highest BCUT2D eigenvalue weighted by atomic mass is 16.3. The molecule has 1 aromatic rings. The zero-order valence-corrected chi connectivity index (χ0v) is 9.71. The van der Waals surface area contributed by atoms with Crippen molar-refractivity contribution in [2.75, 3.05) is 6.54 Å². The molecule has 87 valence electrons. The highest BCUT2D eigenvalue weighted by molar-refractivity contribution is 5.93. The van der Waals surface area contributed by atoms with Gasteiger partial charge in [0.2, 0.25) is 0 Å². The molecular weight excluding hydrogens is 202 g/mol. The first-order valence-corrected chi connectivity index (χ1v) is 6.02. The number of amides is 1. The molecule has 1 radical (unpaired) electrons. The highest BCUT2D eigenvalue weighted by Gasteiger charge is 2.15. The van der Waals surface area contributed by atoms with Crippen molar-refractivity contribution in [1.82, 2.24) is 5.32 Å². The average Bonchev–Trinajstić information content (AvgIpc) is 2.74. The van der Waals surface area contributed by atoms with Gasteiger partial charge < -0.3 is 9.73 Å². The van der Waals surface area contributed by atoms with E-state index in [0.29, 0.717) is 11.5 Å². The van der Waals surface area contributed by atoms with Crippen LogP contribution in [-0.4, -0.2) is 12.5 Å². The molecule has 1 saturated carbocycles. The quantitative estimate of drug-likeness (QED) is 0.851. The number of hydrogen-bond donors (Lipinski definition) is 1. The fourth-order valence-corrected chi connectivity index (χ4v) is 2.23. The number of nitrogens with one attached hydrogen (secondary N) is 1. The van der Waals surface area contributed by atoms with Crippen molar-refractivity contribution in [3.63, 3.8) is 0 Å². The van der Waals surface area contributed by atoms with E-state index in [9.17, 15) is 4.79 Å². The number of rotatable bonds is 3. The van der Waals surface area contributed by atoms with Crippen molar-refractivity contribution in [3.8, 4) is 0 Å². The number of aryl methyl sites for hydroxylation is 1. The Kier molecular flexibility index (Phi) is 3.65. The third kappa shape index (κ3) is 2.87. The molecule has 1 amide bonds. The van der Waals surface area contributed by atoms with Crippen LogP contribution in [0, 0.1) is 19.1 Å². The maximum Gasteiger partial charge on any atom is 0.255 e. The van der Waals surface area contributed by atoms with Gasteiger partial charge in [-0.15, -0.1) is 0 Å². The van der Waals surface area contributed by atoms with E-state index in [0.717, 1.165) is 12.3 Å². The Bertz CT molecular complexity index is 351. The fraction of sp³-hybridized carbons (Fsp3) is 0.615. The Hall–Kier alpha value is -1.25. The number of carbonyl (C=O) groups excluding carboxylic acids is 1. The summed E-state index contributed by atoms with van der Waals surface area (Å²) in [5, 5.41) is 2.95. The summed E-state index contributed by atoms with van der Waals surface area (Å²) in [6.45, 7) is 2.60. The van der Waals surface area contributed by atoms with Gasteiger partial charge in [0.15, 0.2) is 6.26 Å². The van der Waals surface area contributed by atoms with Gasteiger partial charge in [0.1, 0.15) is 5.76 Å². The smallest absolute Gasteiger partial charge is 0.255 e. The van der Waals surface area contributed by atoms with E-state index in [-0.39, 0.29) is 5.91 Å². The first-order chi connectivity index (χ1) is 7.75. The standard InChI is InChI=1S/C13H18NO2/c1-10-7-12(9-16-10)13(15)14-8-11-5-3-2-4-6-11/h7,11H,2-6,8H2,1H3,(H,14,15). The zero-order chi connectivity index (χ0) is 11.4. The van der Waals surface area contributed by atoms with E-state index in [1.165, 1.54) is 32.1 Å². The molecule has 3 nitrogen and oxygen atoms in total. The van der Waals surface area contributed by atoms with Crippen molar-refractivity contribution >= 4 is 5.91 Å². The predicted molar refractivity (Wildman–Crippen MR) is 61.2 cm³/mol. The molecule has 3 heteroatoms. The summed E-state index contributed by atoms with van der Waals surface area (Å²) in [6.07, 6.45) is 9.05. The molecule has 1 N–H and O–H groups in total. The maximum atomic E-state index is 11.7. The molecule has 2 rings (SSSR count). The SMILES string of the molecule is Cc1cc(C(=O)NCC2CCCCC2)[c]o1. The normalized spacial score (nSPS) is 17.3. The molecule has 1 fully saturated rings. The lowest BCUT2D eigenvalue weighted by Gasteiger charge is -2.21. The van der Waals surface area contributed by atoms with Gasteiger partial charge in [0.05, 0.1) is 5.56 Å². The minimum Gasteiger partial charge on any atom is -0.457 e. The van der Waals surface area contributed by atoms with Crippen LogP contribution in [0.2, 0.25) is 0 Å². The molecule has 0 atom stereocenters. The van der Waals surface area contributed by atoms with Crippen LogP contribution in [-0.2, 0) is 0 Å². The lowest BCUT2D eigenvalue weighted by Crippen LogP contribution is -2.30. The number of carbonyl (C=O) groups is 1. The summed E-state index contributed by atoms with van der Waals surface area (Å²) in [6, 6.07) is 1.72. The molecule has 1 heterocycles. The molecule has 0 unspecified atom stereocenters. The van der Waals surface area contributed by atoms with Gasteiger partial charge in [0, 0.05) is 6.54 Å². The Morgan fingerprint density at radius 3 is 2.88 bits per heavy atom. The van der Waals surface area contributed by atoms with E-state index in [2.05, 4.69) is 11.6 Å². The van der Waals surface area contributed by atoms with Gasteiger partial charge in [-0.3, -0.25) is 4.79 Å². The Morgan fingerprint density at radius 2 is 2.25 bits per heavy atom. The maximum absolute atomic E-state index is 11.7. The molecule has 0 spiro atoms. The first kappa shape index (κ1) is 11.2. The van der Waals surface area contributed by atoms with Crippen LogP contribution in [0.3, 0.4) is 0 Å². The van der Waals surface area contributed by atoms with E-state index < -0.39 is 0 Å². The molecule has 1 aliphatic rings. The van der Waals surface area contributed by atoms with Crippen molar-refractivity contribution in [1.29, 1.82) is 0 Å². The lowest BCUT2D eigenvalue weighted by atomic mass is 9.89. The van der Waals surface area contributed by atoms with Crippen LogP contribution in [0.5, 0.6) is 0 Å². The van der Waals surface area contributed by atoms with Crippen LogP contribution in [0.1, 0.15) is 48.2 Å². The summed E-state index contributed by atoms with van der Waals surface area (Å²) in [4.78, 5) is 11.7. The average molecular weight is 220 g/mol. The van der Waals surface area contributed by atoms with Crippen LogP contribution >= 0.6 is 0 Å². The molecular formula is C13H18NO2. The Morgan fingerprint density at radius 1 is 1.50 bits per heavy atom. The molecule has 0 bridgehead atoms. The summed E-state index contributed by atoms with van der Waals surface area (Å²) in [7, 11) is 0. The summed E-state index contributed by atoms with van der Waals surface area (Å²) in [5.74, 6) is 1.32. The van der Waals surface area contributed by atoms with E-state index >= 15 is 0 Å². The van der Waals surface area contributed by atoms with Crippen LogP contribution in [0.15, 0.2) is 10.5 Å². The van der Waals surface area contributed by atoms with Crippen molar-refractivity contribution in [2.45, 2.75) is 39.0 Å². The third-order valence-electron chi connectivity index (χ3n) is 3.19. The molecule has 0 saturated heterocycles. The second-order valence-electron chi connectivity index (χ2n) is 4.59. The second kappa shape index (κ2) is 5.19. The molecule has 0 aliphatic heterocycles. The van der Waals surface area contributed by atoms with Crippen molar-refractivity contribution < 1.29 is 9.21 Å². The van der Waals surface area contributed by atoms with Gasteiger partial charge in [-0.2, -0.15) is 0 Å². The second-order valence-corrected chi connectivity index (χ2v) is 4.59. The minimum atomic E-state index is -0.0672. The van der Waals surface area contributed by atoms with Gasteiger partial charge in [-0.1, -0.05) is 19.3 Å². The summed E-state index contributed by atoms with van der Waals surface area (Å²) < 4.78 is 4.99. The molecule has 1 aliphatic carbocycles.